The third-order valence-corrected chi connectivity index (χ3v) is 3.31. The van der Waals surface area contributed by atoms with Gasteiger partial charge in [0.1, 0.15) is 18.2 Å². The van der Waals surface area contributed by atoms with Crippen LogP contribution in [0.2, 0.25) is 10.0 Å². The van der Waals surface area contributed by atoms with E-state index in [4.69, 9.17) is 33.7 Å². The predicted molar refractivity (Wildman–Crippen MR) is 75.1 cm³/mol. The molecule has 0 aromatic heterocycles. The van der Waals surface area contributed by atoms with E-state index in [2.05, 4.69) is 0 Å². The molecule has 0 saturated heterocycles. The Labute approximate surface area is 120 Å². The van der Waals surface area contributed by atoms with Crippen LogP contribution in [0.5, 0.6) is 5.75 Å². The summed E-state index contributed by atoms with van der Waals surface area (Å²) in [6.45, 7) is 0.445. The van der Waals surface area contributed by atoms with E-state index >= 15 is 0 Å². The van der Waals surface area contributed by atoms with Crippen molar-refractivity contribution >= 4 is 23.2 Å². The maximum absolute atomic E-state index is 13.1. The Morgan fingerprint density at radius 1 is 1.05 bits per heavy atom. The summed E-state index contributed by atoms with van der Waals surface area (Å²) in [6.07, 6.45) is 0. The lowest BCUT2D eigenvalue weighted by Crippen LogP contribution is -2.03. The summed E-state index contributed by atoms with van der Waals surface area (Å²) < 4.78 is 18.8. The van der Waals surface area contributed by atoms with Gasteiger partial charge in [-0.2, -0.15) is 0 Å². The zero-order valence-corrected chi connectivity index (χ0v) is 11.5. The van der Waals surface area contributed by atoms with Gasteiger partial charge in [-0.15, -0.1) is 0 Å². The lowest BCUT2D eigenvalue weighted by atomic mass is 10.2. The van der Waals surface area contributed by atoms with Gasteiger partial charge in [0.2, 0.25) is 0 Å². The molecule has 0 atom stereocenters. The molecule has 0 fully saturated rings. The average Bonchev–Trinajstić information content (AvgIpc) is 2.40. The molecular weight excluding hydrogens is 288 g/mol. The van der Waals surface area contributed by atoms with E-state index in [1.165, 1.54) is 18.2 Å². The fraction of sp³-hybridized carbons (Fsp3) is 0.143. The quantitative estimate of drug-likeness (QED) is 0.919. The summed E-state index contributed by atoms with van der Waals surface area (Å²) in [5, 5.41) is 0.915. The van der Waals surface area contributed by atoms with Gasteiger partial charge < -0.3 is 10.5 Å². The Bertz CT molecular complexity index is 590. The number of nitrogens with two attached hydrogens (primary N) is 1. The van der Waals surface area contributed by atoms with Crippen LogP contribution in [0.25, 0.3) is 0 Å². The molecule has 0 aliphatic carbocycles. The molecule has 0 aliphatic heterocycles. The molecule has 2 aromatic rings. The molecule has 2 N–H and O–H groups in total. The lowest BCUT2D eigenvalue weighted by molar-refractivity contribution is 0.302. The topological polar surface area (TPSA) is 35.2 Å². The second-order valence-electron chi connectivity index (χ2n) is 3.96. The number of ether oxygens (including phenoxy) is 1. The first-order chi connectivity index (χ1) is 9.11. The molecule has 0 radical (unpaired) electrons. The number of para-hydroxylation sites is 1. The molecular formula is C14H12Cl2FNO. The molecule has 2 aromatic carbocycles. The summed E-state index contributed by atoms with van der Waals surface area (Å²) in [6, 6.07) is 9.46. The molecule has 0 spiro atoms. The van der Waals surface area contributed by atoms with E-state index < -0.39 is 0 Å². The van der Waals surface area contributed by atoms with Crippen LogP contribution in [0, 0.1) is 5.82 Å². The fourth-order valence-electron chi connectivity index (χ4n) is 1.68. The molecule has 2 rings (SSSR count). The monoisotopic (exact) mass is 299 g/mol. The zero-order chi connectivity index (χ0) is 13.8. The average molecular weight is 300 g/mol. The third kappa shape index (κ3) is 3.38. The van der Waals surface area contributed by atoms with Gasteiger partial charge in [0.15, 0.2) is 0 Å². The highest BCUT2D eigenvalue weighted by Crippen LogP contribution is 2.30. The second-order valence-corrected chi connectivity index (χ2v) is 4.77. The zero-order valence-electron chi connectivity index (χ0n) is 10.00. The van der Waals surface area contributed by atoms with Crippen molar-refractivity contribution in [2.45, 2.75) is 13.2 Å². The Balaban J connectivity index is 2.21. The standard InChI is InChI=1S/C14H12Cl2FNO/c15-12-5-4-11(17)6-10(12)8-19-14-9(7-18)2-1-3-13(14)16/h1-6H,7-8,18H2. The second kappa shape index (κ2) is 6.24. The van der Waals surface area contributed by atoms with Crippen LogP contribution in [0.1, 0.15) is 11.1 Å². The molecule has 0 unspecified atom stereocenters. The first kappa shape index (κ1) is 14.1. The van der Waals surface area contributed by atoms with E-state index in [-0.39, 0.29) is 12.4 Å². The smallest absolute Gasteiger partial charge is 0.142 e. The Morgan fingerprint density at radius 3 is 2.58 bits per heavy atom. The maximum Gasteiger partial charge on any atom is 0.142 e. The van der Waals surface area contributed by atoms with Crippen LogP contribution in [0.15, 0.2) is 36.4 Å². The third-order valence-electron chi connectivity index (χ3n) is 2.65. The summed E-state index contributed by atoms with van der Waals surface area (Å²) >= 11 is 12.0. The van der Waals surface area contributed by atoms with E-state index in [0.29, 0.717) is 27.9 Å². The van der Waals surface area contributed by atoms with Crippen LogP contribution in [-0.2, 0) is 13.2 Å². The summed E-state index contributed by atoms with van der Waals surface area (Å²) in [5.41, 5.74) is 6.97. The van der Waals surface area contributed by atoms with Crippen LogP contribution in [0.3, 0.4) is 0 Å². The van der Waals surface area contributed by atoms with Crippen molar-refractivity contribution in [2.24, 2.45) is 5.73 Å². The molecule has 0 heterocycles. The van der Waals surface area contributed by atoms with Gasteiger partial charge in [-0.05, 0) is 24.3 Å². The summed E-state index contributed by atoms with van der Waals surface area (Å²) in [4.78, 5) is 0. The molecule has 100 valence electrons. The van der Waals surface area contributed by atoms with E-state index in [0.717, 1.165) is 5.56 Å². The first-order valence-electron chi connectivity index (χ1n) is 5.66. The van der Waals surface area contributed by atoms with Crippen molar-refractivity contribution in [2.75, 3.05) is 0 Å². The van der Waals surface area contributed by atoms with Crippen LogP contribution < -0.4 is 10.5 Å². The van der Waals surface area contributed by atoms with E-state index in [1.807, 2.05) is 6.07 Å². The molecule has 0 saturated carbocycles. The van der Waals surface area contributed by atoms with E-state index in [9.17, 15) is 4.39 Å². The maximum atomic E-state index is 13.1. The van der Waals surface area contributed by atoms with Crippen molar-refractivity contribution in [3.63, 3.8) is 0 Å². The van der Waals surface area contributed by atoms with Crippen LogP contribution in [-0.4, -0.2) is 0 Å². The normalized spacial score (nSPS) is 10.5. The van der Waals surface area contributed by atoms with Gasteiger partial charge in [-0.1, -0.05) is 35.3 Å². The van der Waals surface area contributed by atoms with Gasteiger partial charge in [0, 0.05) is 22.7 Å². The van der Waals surface area contributed by atoms with Gasteiger partial charge in [0.25, 0.3) is 0 Å². The highest BCUT2D eigenvalue weighted by Gasteiger charge is 2.09. The first-order valence-corrected chi connectivity index (χ1v) is 6.41. The number of hydrogen-bond acceptors (Lipinski definition) is 2. The lowest BCUT2D eigenvalue weighted by Gasteiger charge is -2.13. The largest absolute Gasteiger partial charge is 0.487 e. The Hall–Kier alpha value is -1.29. The van der Waals surface area contributed by atoms with Gasteiger partial charge in [-0.25, -0.2) is 4.39 Å². The number of halogens is 3. The summed E-state index contributed by atoms with van der Waals surface area (Å²) in [7, 11) is 0. The van der Waals surface area contributed by atoms with Crippen molar-refractivity contribution in [3.8, 4) is 5.75 Å². The SMILES string of the molecule is NCc1cccc(Cl)c1OCc1cc(F)ccc1Cl. The Morgan fingerprint density at radius 2 is 1.84 bits per heavy atom. The highest BCUT2D eigenvalue weighted by molar-refractivity contribution is 6.32. The number of benzene rings is 2. The van der Waals surface area contributed by atoms with E-state index in [1.54, 1.807) is 12.1 Å². The minimum absolute atomic E-state index is 0.132. The van der Waals surface area contributed by atoms with Crippen molar-refractivity contribution in [1.82, 2.24) is 0 Å². The van der Waals surface area contributed by atoms with Gasteiger partial charge in [-0.3, -0.25) is 0 Å². The van der Waals surface area contributed by atoms with Crippen molar-refractivity contribution in [3.05, 3.63) is 63.4 Å². The minimum Gasteiger partial charge on any atom is -0.487 e. The molecule has 0 amide bonds. The van der Waals surface area contributed by atoms with Crippen molar-refractivity contribution < 1.29 is 9.13 Å². The highest BCUT2D eigenvalue weighted by atomic mass is 35.5. The molecule has 19 heavy (non-hydrogen) atoms. The molecule has 0 bridgehead atoms. The number of hydrogen-bond donors (Lipinski definition) is 1. The fourth-order valence-corrected chi connectivity index (χ4v) is 2.10. The van der Waals surface area contributed by atoms with Gasteiger partial charge >= 0.3 is 0 Å². The molecule has 2 nitrogen and oxygen atoms in total. The predicted octanol–water partition coefficient (Wildman–Crippen LogP) is 4.17. The van der Waals surface area contributed by atoms with Gasteiger partial charge in [0.05, 0.1) is 5.02 Å². The van der Waals surface area contributed by atoms with Crippen LogP contribution >= 0.6 is 23.2 Å². The van der Waals surface area contributed by atoms with Crippen LogP contribution in [0.4, 0.5) is 4.39 Å². The minimum atomic E-state index is -0.360. The molecule has 0 aliphatic rings. The molecule has 5 heteroatoms. The number of rotatable bonds is 4. The Kier molecular flexibility index (Phi) is 4.64. The van der Waals surface area contributed by atoms with Crippen molar-refractivity contribution in [1.29, 1.82) is 0 Å². The summed E-state index contributed by atoms with van der Waals surface area (Å²) in [5.74, 6) is 0.146.